The Morgan fingerprint density at radius 3 is 2.50 bits per heavy atom. The minimum atomic E-state index is 1.08. The molecule has 0 radical (unpaired) electrons. The number of hydrogen-bond donors (Lipinski definition) is 1. The molecule has 0 amide bonds. The molecule has 1 aliphatic heterocycles. The maximum atomic E-state index is 3.84. The third-order valence-electron chi connectivity index (χ3n) is 2.09. The molecule has 1 N–H and O–H groups in total. The lowest BCUT2D eigenvalue weighted by atomic mass is 10.2. The standard InChI is InChI=1S/C14H17NS/c1-5-9-11-13(7-3)16-14(8-4)12(15-11)10-6-2/h5-10,15H,1,4H2,2-3H3/b10-6-,11-9+,13-7+. The van der Waals surface area contributed by atoms with Gasteiger partial charge in [-0.05, 0) is 26.0 Å². The van der Waals surface area contributed by atoms with Crippen LogP contribution in [0.1, 0.15) is 13.8 Å². The van der Waals surface area contributed by atoms with Gasteiger partial charge in [0.15, 0.2) is 0 Å². The number of rotatable bonds is 3. The summed E-state index contributed by atoms with van der Waals surface area (Å²) in [5.74, 6) is 0. The van der Waals surface area contributed by atoms with Crippen LogP contribution in [-0.2, 0) is 0 Å². The van der Waals surface area contributed by atoms with Gasteiger partial charge in [0.1, 0.15) is 0 Å². The van der Waals surface area contributed by atoms with E-state index in [1.54, 1.807) is 17.8 Å². The van der Waals surface area contributed by atoms with E-state index in [-0.39, 0.29) is 0 Å². The van der Waals surface area contributed by atoms with Gasteiger partial charge in [0.25, 0.3) is 0 Å². The fourth-order valence-corrected chi connectivity index (χ4v) is 2.29. The molecular weight excluding hydrogens is 214 g/mol. The number of nitrogens with one attached hydrogen (secondary N) is 1. The molecule has 0 bridgehead atoms. The lowest BCUT2D eigenvalue weighted by molar-refractivity contribution is 1.02. The van der Waals surface area contributed by atoms with Crippen LogP contribution in [0.3, 0.4) is 0 Å². The normalized spacial score (nSPS) is 21.6. The van der Waals surface area contributed by atoms with E-state index in [1.165, 1.54) is 4.91 Å². The molecule has 2 heteroatoms. The van der Waals surface area contributed by atoms with Crippen molar-refractivity contribution in [1.29, 1.82) is 0 Å². The summed E-state index contributed by atoms with van der Waals surface area (Å²) < 4.78 is 0. The Morgan fingerprint density at radius 1 is 1.25 bits per heavy atom. The van der Waals surface area contributed by atoms with E-state index in [9.17, 15) is 0 Å². The fraction of sp³-hybridized carbons (Fsp3) is 0.143. The highest BCUT2D eigenvalue weighted by molar-refractivity contribution is 8.07. The average Bonchev–Trinajstić information content (AvgIpc) is 2.30. The van der Waals surface area contributed by atoms with Gasteiger partial charge in [-0.15, -0.1) is 0 Å². The minimum absolute atomic E-state index is 1.08. The van der Waals surface area contributed by atoms with Gasteiger partial charge in [-0.25, -0.2) is 0 Å². The Labute approximate surface area is 102 Å². The molecule has 0 aromatic carbocycles. The Balaban J connectivity index is 3.17. The molecule has 1 heterocycles. The van der Waals surface area contributed by atoms with Crippen molar-refractivity contribution in [2.75, 3.05) is 0 Å². The van der Waals surface area contributed by atoms with E-state index >= 15 is 0 Å². The van der Waals surface area contributed by atoms with Gasteiger partial charge in [0, 0.05) is 9.81 Å². The number of hydrogen-bond acceptors (Lipinski definition) is 2. The van der Waals surface area contributed by atoms with Gasteiger partial charge < -0.3 is 5.32 Å². The monoisotopic (exact) mass is 231 g/mol. The van der Waals surface area contributed by atoms with Gasteiger partial charge in [0.05, 0.1) is 11.4 Å². The molecule has 0 fully saturated rings. The second-order valence-electron chi connectivity index (χ2n) is 3.18. The highest BCUT2D eigenvalue weighted by Gasteiger charge is 2.16. The zero-order chi connectivity index (χ0) is 12.0. The summed E-state index contributed by atoms with van der Waals surface area (Å²) in [6.45, 7) is 11.6. The van der Waals surface area contributed by atoms with Crippen LogP contribution < -0.4 is 5.32 Å². The first-order chi connectivity index (χ1) is 7.76. The van der Waals surface area contributed by atoms with Crippen molar-refractivity contribution in [1.82, 2.24) is 5.32 Å². The predicted octanol–water partition coefficient (Wildman–Crippen LogP) is 4.27. The summed E-state index contributed by atoms with van der Waals surface area (Å²) >= 11 is 1.72. The molecule has 0 unspecified atom stereocenters. The van der Waals surface area contributed by atoms with Gasteiger partial charge in [0.2, 0.25) is 0 Å². The van der Waals surface area contributed by atoms with E-state index in [0.717, 1.165) is 16.3 Å². The third kappa shape index (κ3) is 2.80. The molecule has 1 aliphatic rings. The zero-order valence-electron chi connectivity index (χ0n) is 9.79. The first-order valence-electron chi connectivity index (χ1n) is 5.20. The predicted molar refractivity (Wildman–Crippen MR) is 74.8 cm³/mol. The van der Waals surface area contributed by atoms with Crippen LogP contribution in [0.15, 0.2) is 70.8 Å². The second kappa shape index (κ2) is 6.23. The molecule has 1 nitrogen and oxygen atoms in total. The Hall–Kier alpha value is -1.41. The molecule has 0 aromatic rings. The van der Waals surface area contributed by atoms with Crippen molar-refractivity contribution in [3.05, 3.63) is 70.8 Å². The van der Waals surface area contributed by atoms with Crippen molar-refractivity contribution in [2.24, 2.45) is 0 Å². The summed E-state index contributed by atoms with van der Waals surface area (Å²) in [5, 5.41) is 3.38. The largest absolute Gasteiger partial charge is 0.354 e. The molecule has 0 saturated heterocycles. The molecule has 16 heavy (non-hydrogen) atoms. The van der Waals surface area contributed by atoms with Crippen LogP contribution >= 0.6 is 11.8 Å². The van der Waals surface area contributed by atoms with Crippen LogP contribution in [-0.4, -0.2) is 0 Å². The summed E-state index contributed by atoms with van der Waals surface area (Å²) in [5.41, 5.74) is 2.17. The van der Waals surface area contributed by atoms with E-state index in [1.807, 2.05) is 38.2 Å². The fourth-order valence-electron chi connectivity index (χ4n) is 1.39. The van der Waals surface area contributed by atoms with E-state index in [2.05, 4.69) is 24.6 Å². The van der Waals surface area contributed by atoms with Gasteiger partial charge in [-0.2, -0.15) is 0 Å². The van der Waals surface area contributed by atoms with Crippen LogP contribution in [0.2, 0.25) is 0 Å². The molecule has 0 saturated carbocycles. The minimum Gasteiger partial charge on any atom is -0.354 e. The summed E-state index contributed by atoms with van der Waals surface area (Å²) in [6, 6.07) is 0. The zero-order valence-corrected chi connectivity index (χ0v) is 10.6. The lowest BCUT2D eigenvalue weighted by Crippen LogP contribution is -2.17. The Bertz CT molecular complexity index is 408. The molecule has 1 rings (SSSR count). The number of allylic oxidation sites excluding steroid dienone is 6. The van der Waals surface area contributed by atoms with Crippen LogP contribution in [0.5, 0.6) is 0 Å². The molecule has 0 spiro atoms. The number of thioether (sulfide) groups is 1. The van der Waals surface area contributed by atoms with Gasteiger partial charge >= 0.3 is 0 Å². The van der Waals surface area contributed by atoms with Gasteiger partial charge in [-0.3, -0.25) is 0 Å². The quantitative estimate of drug-likeness (QED) is 0.778. The van der Waals surface area contributed by atoms with Crippen LogP contribution in [0.4, 0.5) is 0 Å². The highest BCUT2D eigenvalue weighted by Crippen LogP contribution is 2.37. The summed E-state index contributed by atoms with van der Waals surface area (Å²) in [6.07, 6.45) is 11.8. The molecule has 0 aromatic heterocycles. The van der Waals surface area contributed by atoms with Crippen molar-refractivity contribution >= 4 is 11.8 Å². The smallest absolute Gasteiger partial charge is 0.0522 e. The highest BCUT2D eigenvalue weighted by atomic mass is 32.2. The second-order valence-corrected chi connectivity index (χ2v) is 4.26. The van der Waals surface area contributed by atoms with E-state index < -0.39 is 0 Å². The maximum Gasteiger partial charge on any atom is 0.0522 e. The summed E-state index contributed by atoms with van der Waals surface area (Å²) in [7, 11) is 0. The SMILES string of the molecule is C=C/C=C1/NC(/C=C\C)=C(C=C)S/C1=C/C. The Kier molecular flexibility index (Phi) is 4.93. The first-order valence-corrected chi connectivity index (χ1v) is 6.02. The van der Waals surface area contributed by atoms with E-state index in [0.29, 0.717) is 0 Å². The molecule has 0 atom stereocenters. The maximum absolute atomic E-state index is 3.84. The van der Waals surface area contributed by atoms with Crippen molar-refractivity contribution < 1.29 is 0 Å². The third-order valence-corrected chi connectivity index (χ3v) is 3.37. The topological polar surface area (TPSA) is 12.0 Å². The van der Waals surface area contributed by atoms with Crippen molar-refractivity contribution in [3.8, 4) is 0 Å². The Morgan fingerprint density at radius 2 is 2.00 bits per heavy atom. The average molecular weight is 231 g/mol. The molecule has 0 aliphatic carbocycles. The van der Waals surface area contributed by atoms with Crippen molar-refractivity contribution in [2.45, 2.75) is 13.8 Å². The van der Waals surface area contributed by atoms with Crippen LogP contribution in [0, 0.1) is 0 Å². The molecular formula is C14H17NS. The van der Waals surface area contributed by atoms with Gasteiger partial charge in [-0.1, -0.05) is 49.2 Å². The first kappa shape index (κ1) is 12.7. The summed E-state index contributed by atoms with van der Waals surface area (Å²) in [4.78, 5) is 2.34. The van der Waals surface area contributed by atoms with Crippen LogP contribution in [0.25, 0.3) is 0 Å². The lowest BCUT2D eigenvalue weighted by Gasteiger charge is -2.22. The van der Waals surface area contributed by atoms with E-state index in [4.69, 9.17) is 0 Å². The molecule has 84 valence electrons. The van der Waals surface area contributed by atoms with Crippen molar-refractivity contribution in [3.63, 3.8) is 0 Å².